The van der Waals surface area contributed by atoms with Gasteiger partial charge in [-0.3, -0.25) is 9.59 Å². The molecule has 3 rings (SSSR count). The number of nitrogens with one attached hydrogen (secondary N) is 1. The van der Waals surface area contributed by atoms with Crippen LogP contribution >= 0.6 is 0 Å². The second-order valence-corrected chi connectivity index (χ2v) is 6.20. The number of aryl methyl sites for hydroxylation is 1. The SMILES string of the molecule is COc1cccc([C@H]2CCCCN2C(=O)c2cc(C)[nH]c(=O)c2)c1. The van der Waals surface area contributed by atoms with Crippen LogP contribution < -0.4 is 10.3 Å². The van der Waals surface area contributed by atoms with E-state index in [1.807, 2.05) is 29.2 Å². The van der Waals surface area contributed by atoms with Crippen molar-refractivity contribution < 1.29 is 9.53 Å². The molecule has 126 valence electrons. The Hall–Kier alpha value is -2.56. The summed E-state index contributed by atoms with van der Waals surface area (Å²) in [5.74, 6) is 0.703. The number of carbonyl (C=O) groups is 1. The summed E-state index contributed by atoms with van der Waals surface area (Å²) in [6, 6.07) is 11.0. The van der Waals surface area contributed by atoms with Crippen molar-refractivity contribution in [2.75, 3.05) is 13.7 Å². The second kappa shape index (κ2) is 6.91. The molecule has 0 saturated carbocycles. The molecule has 0 unspecified atom stereocenters. The summed E-state index contributed by atoms with van der Waals surface area (Å²) in [5, 5.41) is 0. The number of ether oxygens (including phenoxy) is 1. The van der Waals surface area contributed by atoms with Crippen molar-refractivity contribution in [3.8, 4) is 5.75 Å². The molecule has 1 aromatic heterocycles. The number of amides is 1. The molecule has 1 aliphatic rings. The van der Waals surface area contributed by atoms with E-state index in [1.54, 1.807) is 20.1 Å². The Bertz CT molecular complexity index is 797. The van der Waals surface area contributed by atoms with Crippen LogP contribution in [0, 0.1) is 6.92 Å². The van der Waals surface area contributed by atoms with Crippen LogP contribution in [0.3, 0.4) is 0 Å². The average molecular weight is 326 g/mol. The van der Waals surface area contributed by atoms with Crippen molar-refractivity contribution in [1.29, 1.82) is 0 Å². The Morgan fingerprint density at radius 3 is 2.83 bits per heavy atom. The number of hydrogen-bond donors (Lipinski definition) is 1. The zero-order chi connectivity index (χ0) is 17.1. The fraction of sp³-hybridized carbons (Fsp3) is 0.368. The lowest BCUT2D eigenvalue weighted by Crippen LogP contribution is -2.39. The van der Waals surface area contributed by atoms with E-state index < -0.39 is 0 Å². The van der Waals surface area contributed by atoms with Gasteiger partial charge in [0.1, 0.15) is 5.75 Å². The van der Waals surface area contributed by atoms with Crippen LogP contribution in [0.4, 0.5) is 0 Å². The molecule has 0 aliphatic carbocycles. The number of nitrogens with zero attached hydrogens (tertiary/aromatic N) is 1. The molecule has 1 saturated heterocycles. The van der Waals surface area contributed by atoms with E-state index in [4.69, 9.17) is 4.74 Å². The molecule has 2 heterocycles. The normalized spacial score (nSPS) is 17.6. The van der Waals surface area contributed by atoms with E-state index in [1.165, 1.54) is 6.07 Å². The first-order chi connectivity index (χ1) is 11.6. The summed E-state index contributed by atoms with van der Waals surface area (Å²) in [4.78, 5) is 29.2. The molecule has 1 N–H and O–H groups in total. The van der Waals surface area contributed by atoms with Crippen molar-refractivity contribution in [3.05, 3.63) is 63.6 Å². The van der Waals surface area contributed by atoms with E-state index in [9.17, 15) is 9.59 Å². The van der Waals surface area contributed by atoms with Crippen LogP contribution in [0.25, 0.3) is 0 Å². The third-order valence-corrected chi connectivity index (χ3v) is 4.47. The maximum absolute atomic E-state index is 13.0. The Morgan fingerprint density at radius 1 is 1.25 bits per heavy atom. The number of carbonyl (C=O) groups excluding carboxylic acids is 1. The highest BCUT2D eigenvalue weighted by molar-refractivity contribution is 5.94. The number of aromatic nitrogens is 1. The molecule has 0 bridgehead atoms. The minimum Gasteiger partial charge on any atom is -0.497 e. The summed E-state index contributed by atoms with van der Waals surface area (Å²) in [7, 11) is 1.64. The van der Waals surface area contributed by atoms with Crippen LogP contribution in [-0.2, 0) is 0 Å². The second-order valence-electron chi connectivity index (χ2n) is 6.20. The maximum atomic E-state index is 13.0. The predicted octanol–water partition coefficient (Wildman–Crippen LogP) is 3.06. The lowest BCUT2D eigenvalue weighted by atomic mass is 9.94. The number of benzene rings is 1. The van der Waals surface area contributed by atoms with Gasteiger partial charge in [0, 0.05) is 23.9 Å². The fourth-order valence-electron chi connectivity index (χ4n) is 3.34. The van der Waals surface area contributed by atoms with Crippen LogP contribution in [0.1, 0.15) is 46.9 Å². The molecule has 5 heteroatoms. The van der Waals surface area contributed by atoms with Crippen LogP contribution in [0.2, 0.25) is 0 Å². The van der Waals surface area contributed by atoms with Gasteiger partial charge in [0.2, 0.25) is 5.56 Å². The lowest BCUT2D eigenvalue weighted by molar-refractivity contribution is 0.0611. The Kier molecular flexibility index (Phi) is 4.69. The van der Waals surface area contributed by atoms with Crippen molar-refractivity contribution in [2.24, 2.45) is 0 Å². The number of piperidine rings is 1. The molecule has 1 fully saturated rings. The van der Waals surface area contributed by atoms with Crippen molar-refractivity contribution in [3.63, 3.8) is 0 Å². The van der Waals surface area contributed by atoms with Gasteiger partial charge in [0.05, 0.1) is 13.2 Å². The smallest absolute Gasteiger partial charge is 0.254 e. The number of H-pyrrole nitrogens is 1. The molecule has 1 atom stereocenters. The molecule has 0 spiro atoms. The maximum Gasteiger partial charge on any atom is 0.254 e. The minimum atomic E-state index is -0.242. The number of rotatable bonds is 3. The molecule has 1 aliphatic heterocycles. The summed E-state index contributed by atoms with van der Waals surface area (Å²) in [5.41, 5.74) is 1.98. The third-order valence-electron chi connectivity index (χ3n) is 4.47. The minimum absolute atomic E-state index is 0.0148. The number of methoxy groups -OCH3 is 1. The van der Waals surface area contributed by atoms with Crippen molar-refractivity contribution >= 4 is 5.91 Å². The van der Waals surface area contributed by atoms with Crippen LogP contribution in [-0.4, -0.2) is 29.4 Å². The van der Waals surface area contributed by atoms with Gasteiger partial charge in [0.25, 0.3) is 5.91 Å². The van der Waals surface area contributed by atoms with E-state index in [-0.39, 0.29) is 17.5 Å². The largest absolute Gasteiger partial charge is 0.497 e. The zero-order valence-electron chi connectivity index (χ0n) is 14.0. The van der Waals surface area contributed by atoms with Gasteiger partial charge < -0.3 is 14.6 Å². The van der Waals surface area contributed by atoms with Gasteiger partial charge in [-0.05, 0) is 49.9 Å². The number of likely N-dealkylation sites (tertiary alicyclic amines) is 1. The highest BCUT2D eigenvalue weighted by Gasteiger charge is 2.29. The van der Waals surface area contributed by atoms with Crippen LogP contribution in [0.15, 0.2) is 41.2 Å². The van der Waals surface area contributed by atoms with Gasteiger partial charge in [-0.1, -0.05) is 12.1 Å². The molecule has 0 radical (unpaired) electrons. The van der Waals surface area contributed by atoms with Gasteiger partial charge in [-0.25, -0.2) is 0 Å². The Morgan fingerprint density at radius 2 is 2.08 bits per heavy atom. The molecule has 5 nitrogen and oxygen atoms in total. The van der Waals surface area contributed by atoms with Gasteiger partial charge >= 0.3 is 0 Å². The van der Waals surface area contributed by atoms with Crippen molar-refractivity contribution in [2.45, 2.75) is 32.2 Å². The predicted molar refractivity (Wildman–Crippen MR) is 92.4 cm³/mol. The lowest BCUT2D eigenvalue weighted by Gasteiger charge is -2.36. The first-order valence-corrected chi connectivity index (χ1v) is 8.24. The number of aromatic amines is 1. The van der Waals surface area contributed by atoms with Crippen molar-refractivity contribution in [1.82, 2.24) is 9.88 Å². The quantitative estimate of drug-likeness (QED) is 0.943. The molecule has 1 aromatic carbocycles. The Labute approximate surface area is 141 Å². The monoisotopic (exact) mass is 326 g/mol. The van der Waals surface area contributed by atoms with E-state index in [2.05, 4.69) is 4.98 Å². The molecular formula is C19H22N2O3. The molecule has 1 amide bonds. The van der Waals surface area contributed by atoms with Gasteiger partial charge in [-0.15, -0.1) is 0 Å². The average Bonchev–Trinajstić information content (AvgIpc) is 2.60. The topological polar surface area (TPSA) is 62.4 Å². The molecular weight excluding hydrogens is 304 g/mol. The molecule has 24 heavy (non-hydrogen) atoms. The fourth-order valence-corrected chi connectivity index (χ4v) is 3.34. The summed E-state index contributed by atoms with van der Waals surface area (Å²) in [6.45, 7) is 2.49. The standard InChI is InChI=1S/C19H22N2O3/c1-13-10-15(12-18(22)20-13)19(23)21-9-4-3-8-17(21)14-6-5-7-16(11-14)24-2/h5-7,10-12,17H,3-4,8-9H2,1-2H3,(H,20,22)/t17-/m1/s1. The van der Waals surface area contributed by atoms with E-state index in [0.29, 0.717) is 17.8 Å². The third kappa shape index (κ3) is 3.35. The van der Waals surface area contributed by atoms with Gasteiger partial charge in [0.15, 0.2) is 0 Å². The zero-order valence-corrected chi connectivity index (χ0v) is 14.0. The van der Waals surface area contributed by atoms with Crippen LogP contribution in [0.5, 0.6) is 5.75 Å². The highest BCUT2D eigenvalue weighted by Crippen LogP contribution is 2.33. The number of pyridine rings is 1. The Balaban J connectivity index is 1.94. The number of hydrogen-bond acceptors (Lipinski definition) is 3. The summed E-state index contributed by atoms with van der Waals surface area (Å²) < 4.78 is 5.31. The van der Waals surface area contributed by atoms with Gasteiger partial charge in [-0.2, -0.15) is 0 Å². The highest BCUT2D eigenvalue weighted by atomic mass is 16.5. The van der Waals surface area contributed by atoms with E-state index >= 15 is 0 Å². The van der Waals surface area contributed by atoms with E-state index in [0.717, 1.165) is 30.6 Å². The molecule has 2 aromatic rings. The summed E-state index contributed by atoms with van der Waals surface area (Å²) in [6.07, 6.45) is 2.98. The first-order valence-electron chi connectivity index (χ1n) is 8.24. The summed E-state index contributed by atoms with van der Waals surface area (Å²) >= 11 is 0. The first kappa shape index (κ1) is 16.3.